The Kier molecular flexibility index (Phi) is 6.73. The highest BCUT2D eigenvalue weighted by Gasteiger charge is 2.14. The first-order valence-corrected chi connectivity index (χ1v) is 8.37. The summed E-state index contributed by atoms with van der Waals surface area (Å²) in [5.74, 6) is 0. The third-order valence-electron chi connectivity index (χ3n) is 3.77. The van der Waals surface area contributed by atoms with Crippen LogP contribution in [0.3, 0.4) is 0 Å². The van der Waals surface area contributed by atoms with Gasteiger partial charge in [-0.25, -0.2) is 0 Å². The van der Waals surface area contributed by atoms with Gasteiger partial charge in [0.25, 0.3) is 0 Å². The van der Waals surface area contributed by atoms with E-state index in [1.165, 1.54) is 23.4 Å². The van der Waals surface area contributed by atoms with Crippen molar-refractivity contribution in [3.8, 4) is 0 Å². The predicted octanol–water partition coefficient (Wildman–Crippen LogP) is 2.99. The molecule has 0 radical (unpaired) electrons. The van der Waals surface area contributed by atoms with Gasteiger partial charge in [-0.2, -0.15) is 0 Å². The molecule has 0 aromatic carbocycles. The number of nitrogens with one attached hydrogen (secondary N) is 1. The molecular weight excluding hydrogens is 268 g/mol. The Labute approximate surface area is 126 Å². The van der Waals surface area contributed by atoms with Crippen LogP contribution in [0.2, 0.25) is 0 Å². The minimum Gasteiger partial charge on any atom is -0.379 e. The van der Waals surface area contributed by atoms with Crippen LogP contribution < -0.4 is 5.32 Å². The highest BCUT2D eigenvalue weighted by molar-refractivity contribution is 7.10. The minimum atomic E-state index is 0.428. The summed E-state index contributed by atoms with van der Waals surface area (Å²) in [5.41, 5.74) is 1.39. The lowest BCUT2D eigenvalue weighted by atomic mass is 10.1. The van der Waals surface area contributed by atoms with E-state index in [9.17, 15) is 0 Å². The van der Waals surface area contributed by atoms with Crippen LogP contribution in [0.4, 0.5) is 0 Å². The van der Waals surface area contributed by atoms with Gasteiger partial charge in [0.15, 0.2) is 0 Å². The van der Waals surface area contributed by atoms with Gasteiger partial charge in [-0.1, -0.05) is 6.08 Å². The van der Waals surface area contributed by atoms with Gasteiger partial charge in [0.1, 0.15) is 0 Å². The molecule has 0 aliphatic carbocycles. The minimum absolute atomic E-state index is 0.428. The molecule has 1 aromatic rings. The zero-order valence-electron chi connectivity index (χ0n) is 12.4. The predicted molar refractivity (Wildman–Crippen MR) is 86.5 cm³/mol. The van der Waals surface area contributed by atoms with Crippen LogP contribution in [0.1, 0.15) is 29.3 Å². The van der Waals surface area contributed by atoms with Crippen LogP contribution in [0.25, 0.3) is 0 Å². The van der Waals surface area contributed by atoms with Crippen molar-refractivity contribution >= 4 is 11.3 Å². The summed E-state index contributed by atoms with van der Waals surface area (Å²) in [6, 6.07) is 2.63. The molecule has 4 heteroatoms. The molecule has 1 aliphatic rings. The number of rotatable bonds is 8. The third kappa shape index (κ3) is 4.70. The van der Waals surface area contributed by atoms with Gasteiger partial charge in [0, 0.05) is 24.0 Å². The Morgan fingerprint density at radius 3 is 2.95 bits per heavy atom. The molecule has 0 amide bonds. The van der Waals surface area contributed by atoms with Crippen molar-refractivity contribution in [3.05, 3.63) is 34.5 Å². The van der Waals surface area contributed by atoms with Crippen molar-refractivity contribution in [3.63, 3.8) is 0 Å². The van der Waals surface area contributed by atoms with Crippen molar-refractivity contribution < 1.29 is 4.74 Å². The average molecular weight is 294 g/mol. The molecule has 0 saturated carbocycles. The number of aryl methyl sites for hydroxylation is 1. The van der Waals surface area contributed by atoms with Gasteiger partial charge < -0.3 is 10.1 Å². The maximum absolute atomic E-state index is 5.37. The van der Waals surface area contributed by atoms with Gasteiger partial charge >= 0.3 is 0 Å². The molecule has 0 spiro atoms. The second-order valence-corrected chi connectivity index (χ2v) is 6.25. The van der Waals surface area contributed by atoms with Crippen LogP contribution in [0.15, 0.2) is 24.1 Å². The molecule has 1 atom stereocenters. The zero-order valence-corrected chi connectivity index (χ0v) is 13.3. The first-order valence-electron chi connectivity index (χ1n) is 7.49. The normalized spacial score (nSPS) is 18.1. The fourth-order valence-electron chi connectivity index (χ4n) is 2.59. The summed E-state index contributed by atoms with van der Waals surface area (Å²) in [5, 5.41) is 5.86. The van der Waals surface area contributed by atoms with Gasteiger partial charge in [0.2, 0.25) is 0 Å². The second-order valence-electron chi connectivity index (χ2n) is 5.31. The fourth-order valence-corrected chi connectivity index (χ4v) is 3.61. The molecule has 2 rings (SSSR count). The molecule has 1 unspecified atom stereocenters. The lowest BCUT2D eigenvalue weighted by Gasteiger charge is -2.26. The number of ether oxygens (including phenoxy) is 1. The van der Waals surface area contributed by atoms with Crippen molar-refractivity contribution in [1.82, 2.24) is 10.2 Å². The average Bonchev–Trinajstić information content (AvgIpc) is 2.89. The van der Waals surface area contributed by atoms with Gasteiger partial charge in [0.05, 0.1) is 13.2 Å². The molecule has 1 aromatic heterocycles. The van der Waals surface area contributed by atoms with Crippen molar-refractivity contribution in [2.24, 2.45) is 0 Å². The zero-order chi connectivity index (χ0) is 14.2. The quantitative estimate of drug-likeness (QED) is 0.589. The van der Waals surface area contributed by atoms with Gasteiger partial charge in [-0.15, -0.1) is 17.9 Å². The Bertz CT molecular complexity index is 399. The van der Waals surface area contributed by atoms with Gasteiger partial charge in [-0.05, 0) is 49.9 Å². The number of hydrogen-bond acceptors (Lipinski definition) is 4. The second kappa shape index (κ2) is 8.57. The Hall–Kier alpha value is -0.680. The van der Waals surface area contributed by atoms with Gasteiger partial charge in [-0.3, -0.25) is 4.90 Å². The first-order chi connectivity index (χ1) is 9.81. The van der Waals surface area contributed by atoms with E-state index in [1.54, 1.807) is 0 Å². The Morgan fingerprint density at radius 1 is 1.50 bits per heavy atom. The lowest BCUT2D eigenvalue weighted by molar-refractivity contribution is 0.0374. The van der Waals surface area contributed by atoms with E-state index in [-0.39, 0.29) is 0 Å². The van der Waals surface area contributed by atoms with Crippen molar-refractivity contribution in [1.29, 1.82) is 0 Å². The largest absolute Gasteiger partial charge is 0.379 e. The number of hydrogen-bond donors (Lipinski definition) is 1. The molecule has 3 nitrogen and oxygen atoms in total. The topological polar surface area (TPSA) is 24.5 Å². The smallest absolute Gasteiger partial charge is 0.0594 e. The summed E-state index contributed by atoms with van der Waals surface area (Å²) in [6.45, 7) is 12.3. The monoisotopic (exact) mass is 294 g/mol. The fraction of sp³-hybridized carbons (Fsp3) is 0.625. The SMILES string of the molecule is C=CCC(NCCCN1CCOCC1)c1sccc1C. The first kappa shape index (κ1) is 15.7. The molecule has 0 bridgehead atoms. The molecule has 2 heterocycles. The van der Waals surface area contributed by atoms with E-state index in [2.05, 4.69) is 35.2 Å². The van der Waals surface area contributed by atoms with Crippen molar-refractivity contribution in [2.45, 2.75) is 25.8 Å². The number of thiophene rings is 1. The van der Waals surface area contributed by atoms with E-state index in [0.29, 0.717) is 6.04 Å². The summed E-state index contributed by atoms with van der Waals surface area (Å²) in [6.07, 6.45) is 4.20. The Balaban J connectivity index is 1.72. The maximum Gasteiger partial charge on any atom is 0.0594 e. The standard InChI is InChI=1S/C16H26N2OS/c1-3-5-15(16-14(2)6-13-20-16)17-7-4-8-18-9-11-19-12-10-18/h3,6,13,15,17H,1,4-5,7-12H2,2H3. The molecule has 1 saturated heterocycles. The third-order valence-corrected chi connectivity index (χ3v) is 4.90. The summed E-state index contributed by atoms with van der Waals surface area (Å²) in [7, 11) is 0. The molecular formula is C16H26N2OS. The molecule has 1 aliphatic heterocycles. The van der Waals surface area contributed by atoms with E-state index in [0.717, 1.165) is 39.3 Å². The number of nitrogens with zero attached hydrogens (tertiary/aromatic N) is 1. The highest BCUT2D eigenvalue weighted by Crippen LogP contribution is 2.26. The van der Waals surface area contributed by atoms with E-state index >= 15 is 0 Å². The summed E-state index contributed by atoms with van der Waals surface area (Å²) in [4.78, 5) is 3.95. The molecule has 20 heavy (non-hydrogen) atoms. The van der Waals surface area contributed by atoms with E-state index in [1.807, 2.05) is 17.4 Å². The van der Waals surface area contributed by atoms with Crippen LogP contribution >= 0.6 is 11.3 Å². The van der Waals surface area contributed by atoms with E-state index < -0.39 is 0 Å². The Morgan fingerprint density at radius 2 is 2.30 bits per heavy atom. The molecule has 1 fully saturated rings. The van der Waals surface area contributed by atoms with Crippen LogP contribution in [-0.2, 0) is 4.74 Å². The molecule has 112 valence electrons. The van der Waals surface area contributed by atoms with E-state index in [4.69, 9.17) is 4.74 Å². The van der Waals surface area contributed by atoms with Crippen molar-refractivity contribution in [2.75, 3.05) is 39.4 Å². The lowest BCUT2D eigenvalue weighted by Crippen LogP contribution is -2.37. The summed E-state index contributed by atoms with van der Waals surface area (Å²) < 4.78 is 5.37. The molecule has 1 N–H and O–H groups in total. The number of morpholine rings is 1. The highest BCUT2D eigenvalue weighted by atomic mass is 32.1. The maximum atomic E-state index is 5.37. The van der Waals surface area contributed by atoms with Crippen LogP contribution in [0.5, 0.6) is 0 Å². The van der Waals surface area contributed by atoms with Crippen LogP contribution in [-0.4, -0.2) is 44.3 Å². The summed E-state index contributed by atoms with van der Waals surface area (Å²) >= 11 is 1.85. The van der Waals surface area contributed by atoms with Crippen LogP contribution in [0, 0.1) is 6.92 Å².